The van der Waals surface area contributed by atoms with Gasteiger partial charge >= 0.3 is 0 Å². The molecular formula is C64H6O. The van der Waals surface area contributed by atoms with Gasteiger partial charge in [0.2, 0.25) is 0 Å². The van der Waals surface area contributed by atoms with Crippen LogP contribution in [0, 0.1) is 0 Å². The fourth-order valence-electron chi connectivity index (χ4n) is 24.5. The standard InChI is InChI=1S/C64H6O/c1-2-4-3-65-64-61-55-49-39-27-19-11-7-5-6-9-13(11)21(27)31-25-17(9)18-10(6)14-12-8(5)16-15(7)23-29(19)37-43-33(23)34-24(16)30-20(12)28-22(14)32-26(18)36-35(25)47(41(31)49)57(61)58-48(36)42(32)50-40(28)46-38(30)44(34)52-51(43)59(53(55)45(37)39)63(4,64)60(52)54(46)56(50)62(58)64/h3H,2H2,1H3. The molecule has 0 saturated heterocycles. The van der Waals surface area contributed by atoms with Crippen LogP contribution in [0.1, 0.15) is 35.6 Å². The number of ether oxygens (including phenoxy) is 1. The van der Waals surface area contributed by atoms with E-state index < -0.39 is 11.0 Å². The van der Waals surface area contributed by atoms with Gasteiger partial charge < -0.3 is 4.74 Å². The zero-order valence-electron chi connectivity index (χ0n) is 33.2. The normalized spacial score (nSPS) is 23.2. The first-order chi connectivity index (χ1) is 32.4. The van der Waals surface area contributed by atoms with Gasteiger partial charge in [-0.05, 0) is 314 Å². The van der Waals surface area contributed by atoms with Crippen molar-refractivity contribution in [3.8, 4) is 0 Å². The summed E-state index contributed by atoms with van der Waals surface area (Å²) in [6.07, 6.45) is 3.38. The SMILES string of the molecule is CCC1=COC23c4c5c6c7c8c9c(c%10c%11c2c2c4c4c%12c5c5c6c6c8c8c%13c9c9c%10c%10c%11c%11c2c2c4c4c%12c%12c5c5c6c8c6c8c%13c9c9c%10c%10c%11c2c2c4c4c%12c5c6c5c8c9c%10c2c45)C173. The van der Waals surface area contributed by atoms with Crippen LogP contribution >= 0.6 is 0 Å². The van der Waals surface area contributed by atoms with Crippen molar-refractivity contribution < 1.29 is 4.74 Å². The number of benzene rings is 18. The van der Waals surface area contributed by atoms with Crippen LogP contribution in [0.2, 0.25) is 0 Å². The first kappa shape index (κ1) is 23.1. The van der Waals surface area contributed by atoms with E-state index in [1.807, 2.05) is 0 Å². The minimum Gasteiger partial charge on any atom is -0.484 e. The Labute approximate surface area is 352 Å². The van der Waals surface area contributed by atoms with E-state index in [9.17, 15) is 0 Å². The van der Waals surface area contributed by atoms with Crippen molar-refractivity contribution in [2.24, 2.45) is 0 Å². The highest BCUT2D eigenvalue weighted by molar-refractivity contribution is 6.82. The Bertz CT molecular complexity index is 6870. The molecule has 1 heteroatoms. The van der Waals surface area contributed by atoms with Crippen molar-refractivity contribution in [3.05, 3.63) is 34.1 Å². The van der Waals surface area contributed by atoms with Crippen LogP contribution in [0.15, 0.2) is 11.8 Å². The van der Waals surface area contributed by atoms with Crippen molar-refractivity contribution in [2.45, 2.75) is 24.4 Å². The number of rotatable bonds is 1. The van der Waals surface area contributed by atoms with Gasteiger partial charge in [0.1, 0.15) is 0 Å². The minimum absolute atomic E-state index is 0.396. The molecule has 65 heavy (non-hydrogen) atoms. The number of hydrogen-bond acceptors (Lipinski definition) is 1. The van der Waals surface area contributed by atoms with Gasteiger partial charge in [0, 0.05) is 11.1 Å². The number of hydrogen-bond donors (Lipinski definition) is 0. The van der Waals surface area contributed by atoms with Gasteiger partial charge in [-0.3, -0.25) is 0 Å². The predicted octanol–water partition coefficient (Wildman–Crippen LogP) is 17.6. The maximum atomic E-state index is 8.18. The summed E-state index contributed by atoms with van der Waals surface area (Å²) in [7, 11) is 0. The molecule has 0 atom stereocenters. The van der Waals surface area contributed by atoms with Gasteiger partial charge in [0.05, 0.1) is 11.7 Å². The van der Waals surface area contributed by atoms with E-state index in [2.05, 4.69) is 13.2 Å². The molecule has 1 heterocycles. The third-order valence-electron chi connectivity index (χ3n) is 24.5. The minimum atomic E-state index is -0.621. The monoisotopic (exact) mass is 790 g/mol. The highest BCUT2D eigenvalue weighted by Gasteiger charge is 2.74. The van der Waals surface area contributed by atoms with Crippen molar-refractivity contribution in [3.63, 3.8) is 0 Å². The summed E-state index contributed by atoms with van der Waals surface area (Å²) in [4.78, 5) is 0. The third-order valence-corrected chi connectivity index (χ3v) is 24.5. The highest BCUT2D eigenvalue weighted by Crippen LogP contribution is 2.86. The van der Waals surface area contributed by atoms with Gasteiger partial charge in [0.15, 0.2) is 5.60 Å². The Morgan fingerprint density at radius 1 is 0.231 bits per heavy atom. The first-order valence-corrected chi connectivity index (χ1v) is 24.5. The molecule has 0 fully saturated rings. The van der Waals surface area contributed by atoms with Crippen molar-refractivity contribution in [1.82, 2.24) is 0 Å². The Kier molecular flexibility index (Phi) is 1.78. The molecule has 268 valence electrons. The highest BCUT2D eigenvalue weighted by atomic mass is 16.5. The molecule has 1 nitrogen and oxygen atoms in total. The first-order valence-electron chi connectivity index (χ1n) is 24.5. The van der Waals surface area contributed by atoms with Gasteiger partial charge in [-0.1, -0.05) is 6.92 Å². The van der Waals surface area contributed by atoms with Gasteiger partial charge in [0.25, 0.3) is 0 Å². The van der Waals surface area contributed by atoms with Gasteiger partial charge in [-0.25, -0.2) is 0 Å². The van der Waals surface area contributed by atoms with Gasteiger partial charge in [-0.2, -0.15) is 0 Å². The summed E-state index contributed by atoms with van der Waals surface area (Å²) in [5, 5.41) is 88.7. The largest absolute Gasteiger partial charge is 0.484 e. The fourth-order valence-corrected chi connectivity index (χ4v) is 24.5. The van der Waals surface area contributed by atoms with E-state index in [0.29, 0.717) is 0 Å². The van der Waals surface area contributed by atoms with Crippen LogP contribution in [-0.2, 0) is 15.8 Å². The molecule has 0 unspecified atom stereocenters. The maximum absolute atomic E-state index is 8.18. The lowest BCUT2D eigenvalue weighted by Gasteiger charge is -2.50. The van der Waals surface area contributed by atoms with Crippen LogP contribution in [0.5, 0.6) is 0 Å². The third kappa shape index (κ3) is 1.14. The Hall–Kier alpha value is -8.00. The van der Waals surface area contributed by atoms with Crippen LogP contribution < -0.4 is 0 Å². The maximum Gasteiger partial charge on any atom is 0.178 e. The molecule has 0 amide bonds. The van der Waals surface area contributed by atoms with Crippen molar-refractivity contribution in [2.75, 3.05) is 0 Å². The van der Waals surface area contributed by atoms with Crippen LogP contribution in [0.3, 0.4) is 0 Å². The second-order valence-corrected chi connectivity index (χ2v) is 24.3. The molecular weight excluding hydrogens is 785 g/mol. The zero-order valence-corrected chi connectivity index (χ0v) is 33.2. The molecule has 1 aliphatic heterocycles. The molecule has 0 aromatic heterocycles. The molecule has 0 bridgehead atoms. The molecule has 5 aliphatic rings. The average molecular weight is 791 g/mol. The van der Waals surface area contributed by atoms with E-state index in [0.717, 1.165) is 6.42 Å². The van der Waals surface area contributed by atoms with E-state index in [1.165, 1.54) is 5.57 Å². The van der Waals surface area contributed by atoms with Gasteiger partial charge in [-0.15, -0.1) is 0 Å². The van der Waals surface area contributed by atoms with E-state index in [4.69, 9.17) is 4.74 Å². The molecule has 0 saturated carbocycles. The summed E-state index contributed by atoms with van der Waals surface area (Å²) >= 11 is 0. The predicted molar refractivity (Wildman–Crippen MR) is 273 cm³/mol. The lowest BCUT2D eigenvalue weighted by Crippen LogP contribution is -2.50. The van der Waals surface area contributed by atoms with E-state index in [-0.39, 0.29) is 0 Å². The molecule has 33 rings (SSSR count). The lowest BCUT2D eigenvalue weighted by atomic mass is 9.52. The quantitative estimate of drug-likeness (QED) is 0.151. The molecule has 28 aromatic rings. The Morgan fingerprint density at radius 3 is 0.554 bits per heavy atom. The second kappa shape index (κ2) is 5.00. The molecule has 4 aliphatic carbocycles. The summed E-state index contributed by atoms with van der Waals surface area (Å²) in [6.45, 7) is 2.47. The smallest absolute Gasteiger partial charge is 0.178 e. The summed E-state index contributed by atoms with van der Waals surface area (Å²) in [5.74, 6) is 0. The Balaban J connectivity index is 1.28. The molecule has 28 aromatic carbocycles. The molecule has 0 N–H and O–H groups in total. The Morgan fingerprint density at radius 2 is 0.385 bits per heavy atom. The second-order valence-electron chi connectivity index (χ2n) is 24.3. The molecule has 0 radical (unpaired) electrons. The van der Waals surface area contributed by atoms with E-state index >= 15 is 0 Å². The summed E-state index contributed by atoms with van der Waals surface area (Å²) < 4.78 is 8.18. The summed E-state index contributed by atoms with van der Waals surface area (Å²) in [6, 6.07) is 0. The fraction of sp³-hybridized carbons (Fsp3) is 0.0625. The zero-order chi connectivity index (χ0) is 38.2. The lowest BCUT2D eigenvalue weighted by molar-refractivity contribution is 0.0473. The average Bonchev–Trinajstić information content (AvgIpc) is 4.14. The summed E-state index contributed by atoms with van der Waals surface area (Å²) in [5.41, 5.74) is 7.06. The topological polar surface area (TPSA) is 9.23 Å². The van der Waals surface area contributed by atoms with Crippen molar-refractivity contribution in [1.29, 1.82) is 0 Å². The molecule has 2 spiro atoms. The van der Waals surface area contributed by atoms with Crippen LogP contribution in [0.25, 0.3) is 291 Å². The van der Waals surface area contributed by atoms with Crippen molar-refractivity contribution >= 4 is 291 Å². The van der Waals surface area contributed by atoms with Crippen LogP contribution in [0.4, 0.5) is 0 Å². The van der Waals surface area contributed by atoms with E-state index in [1.54, 1.807) is 313 Å². The van der Waals surface area contributed by atoms with Crippen LogP contribution in [-0.4, -0.2) is 0 Å².